The molecule has 0 bridgehead atoms. The molecule has 0 atom stereocenters. The number of hydrogen-bond acceptors (Lipinski definition) is 4. The van der Waals surface area contributed by atoms with Gasteiger partial charge in [0.15, 0.2) is 0 Å². The van der Waals surface area contributed by atoms with Crippen LogP contribution < -0.4 is 5.73 Å². The molecule has 0 spiro atoms. The molecule has 0 amide bonds. The fraction of sp³-hybridized carbons (Fsp3) is 0.500. The lowest BCUT2D eigenvalue weighted by atomic mass is 10.1. The third kappa shape index (κ3) is 3.82. The number of nitrogens with two attached hydrogens (primary N) is 1. The molecule has 0 aromatic heterocycles. The zero-order chi connectivity index (χ0) is 15.7. The standard InChI is InChI=1S/C12H18ClFN2O3S/c1-4-16(7-12(2,3)17)20(18,19)11-6-10(15)9(14)5-8(11)13/h5-6,17H,4,7,15H2,1-3H3. The minimum absolute atomic E-state index is 0.112. The van der Waals surface area contributed by atoms with Crippen molar-refractivity contribution in [3.8, 4) is 0 Å². The van der Waals surface area contributed by atoms with E-state index in [2.05, 4.69) is 0 Å². The largest absolute Gasteiger partial charge is 0.396 e. The van der Waals surface area contributed by atoms with Crippen molar-refractivity contribution in [2.24, 2.45) is 0 Å². The van der Waals surface area contributed by atoms with Crippen molar-refractivity contribution in [2.75, 3.05) is 18.8 Å². The number of sulfonamides is 1. The zero-order valence-electron chi connectivity index (χ0n) is 11.5. The molecule has 8 heteroatoms. The molecular weight excluding hydrogens is 307 g/mol. The molecule has 0 aliphatic rings. The van der Waals surface area contributed by atoms with Gasteiger partial charge < -0.3 is 10.8 Å². The third-order valence-electron chi connectivity index (χ3n) is 2.59. The Morgan fingerprint density at radius 2 is 2.00 bits per heavy atom. The Labute approximate surface area is 123 Å². The van der Waals surface area contributed by atoms with Gasteiger partial charge in [-0.05, 0) is 26.0 Å². The fourth-order valence-corrected chi connectivity index (χ4v) is 3.81. The molecule has 5 nitrogen and oxygen atoms in total. The van der Waals surface area contributed by atoms with Gasteiger partial charge in [0.05, 0.1) is 16.3 Å². The van der Waals surface area contributed by atoms with Crippen LogP contribution in [0.4, 0.5) is 10.1 Å². The molecule has 0 aliphatic carbocycles. The van der Waals surface area contributed by atoms with Crippen LogP contribution in [0, 0.1) is 5.82 Å². The van der Waals surface area contributed by atoms with Crippen molar-refractivity contribution >= 4 is 27.3 Å². The van der Waals surface area contributed by atoms with Gasteiger partial charge in [0.25, 0.3) is 0 Å². The average molecular weight is 325 g/mol. The Morgan fingerprint density at radius 1 is 1.45 bits per heavy atom. The normalized spacial score (nSPS) is 12.9. The van der Waals surface area contributed by atoms with Gasteiger partial charge in [-0.15, -0.1) is 0 Å². The second-order valence-corrected chi connectivity index (χ2v) is 7.36. The van der Waals surface area contributed by atoms with Gasteiger partial charge in [-0.25, -0.2) is 12.8 Å². The minimum atomic E-state index is -3.96. The maximum atomic E-state index is 13.2. The van der Waals surface area contributed by atoms with Crippen LogP contribution >= 0.6 is 11.6 Å². The summed E-state index contributed by atoms with van der Waals surface area (Å²) in [4.78, 5) is -0.274. The van der Waals surface area contributed by atoms with Crippen molar-refractivity contribution in [3.63, 3.8) is 0 Å². The van der Waals surface area contributed by atoms with E-state index in [1.54, 1.807) is 6.92 Å². The van der Waals surface area contributed by atoms with Crippen molar-refractivity contribution in [1.82, 2.24) is 4.31 Å². The predicted octanol–water partition coefficient (Wildman–Crippen LogP) is 1.84. The molecule has 0 heterocycles. The molecular formula is C12H18ClFN2O3S. The summed E-state index contributed by atoms with van der Waals surface area (Å²) in [6.07, 6.45) is 0. The van der Waals surface area contributed by atoms with E-state index in [1.807, 2.05) is 0 Å². The number of aliphatic hydroxyl groups is 1. The van der Waals surface area contributed by atoms with Crippen LogP contribution in [0.1, 0.15) is 20.8 Å². The summed E-state index contributed by atoms with van der Waals surface area (Å²) >= 11 is 5.79. The van der Waals surface area contributed by atoms with Gasteiger partial charge in [-0.2, -0.15) is 4.31 Å². The maximum absolute atomic E-state index is 13.2. The smallest absolute Gasteiger partial charge is 0.244 e. The van der Waals surface area contributed by atoms with E-state index in [4.69, 9.17) is 17.3 Å². The number of halogens is 2. The summed E-state index contributed by atoms with van der Waals surface area (Å²) < 4.78 is 39.3. The van der Waals surface area contributed by atoms with Crippen molar-refractivity contribution in [2.45, 2.75) is 31.3 Å². The molecule has 0 radical (unpaired) electrons. The van der Waals surface area contributed by atoms with Crippen LogP contribution in [0.5, 0.6) is 0 Å². The highest BCUT2D eigenvalue weighted by Gasteiger charge is 2.30. The van der Waals surface area contributed by atoms with Crippen molar-refractivity contribution in [3.05, 3.63) is 23.0 Å². The summed E-state index contributed by atoms with van der Waals surface area (Å²) in [5.74, 6) is -0.778. The van der Waals surface area contributed by atoms with E-state index in [9.17, 15) is 17.9 Å². The van der Waals surface area contributed by atoms with E-state index in [0.717, 1.165) is 16.4 Å². The fourth-order valence-electron chi connectivity index (χ4n) is 1.68. The lowest BCUT2D eigenvalue weighted by molar-refractivity contribution is 0.0601. The lowest BCUT2D eigenvalue weighted by Crippen LogP contribution is -2.42. The van der Waals surface area contributed by atoms with Crippen molar-refractivity contribution < 1.29 is 17.9 Å². The van der Waals surface area contributed by atoms with Crippen LogP contribution in [0.3, 0.4) is 0 Å². The van der Waals surface area contributed by atoms with Gasteiger partial charge in [-0.1, -0.05) is 18.5 Å². The first-order valence-electron chi connectivity index (χ1n) is 5.96. The number of hydrogen-bond donors (Lipinski definition) is 2. The molecule has 0 fully saturated rings. The van der Waals surface area contributed by atoms with Gasteiger partial charge in [-0.3, -0.25) is 0 Å². The highest BCUT2D eigenvalue weighted by atomic mass is 35.5. The zero-order valence-corrected chi connectivity index (χ0v) is 13.1. The predicted molar refractivity (Wildman–Crippen MR) is 76.6 cm³/mol. The number of benzene rings is 1. The van der Waals surface area contributed by atoms with Gasteiger partial charge in [0.2, 0.25) is 10.0 Å². The first kappa shape index (κ1) is 17.2. The second kappa shape index (κ2) is 5.85. The molecule has 3 N–H and O–H groups in total. The molecule has 0 unspecified atom stereocenters. The Kier molecular flexibility index (Phi) is 5.02. The maximum Gasteiger partial charge on any atom is 0.244 e. The summed E-state index contributed by atoms with van der Waals surface area (Å²) in [5, 5.41) is 9.53. The average Bonchev–Trinajstić information content (AvgIpc) is 2.29. The summed E-state index contributed by atoms with van der Waals surface area (Å²) in [7, 11) is -3.96. The summed E-state index contributed by atoms with van der Waals surface area (Å²) in [5.41, 5.74) is 3.88. The Hall–Kier alpha value is -0.890. The minimum Gasteiger partial charge on any atom is -0.396 e. The molecule has 1 aromatic rings. The SMILES string of the molecule is CCN(CC(C)(C)O)S(=O)(=O)c1cc(N)c(F)cc1Cl. The van der Waals surface area contributed by atoms with Gasteiger partial charge in [0, 0.05) is 13.1 Å². The summed E-state index contributed by atoms with van der Waals surface area (Å²) in [6, 6.07) is 1.85. The second-order valence-electron chi connectivity index (χ2n) is 5.05. The topological polar surface area (TPSA) is 83.6 Å². The molecule has 1 aromatic carbocycles. The van der Waals surface area contributed by atoms with Crippen LogP contribution in [-0.4, -0.2) is 36.5 Å². The molecule has 114 valence electrons. The highest BCUT2D eigenvalue weighted by molar-refractivity contribution is 7.89. The van der Waals surface area contributed by atoms with Crippen LogP contribution in [0.2, 0.25) is 5.02 Å². The Balaban J connectivity index is 3.31. The van der Waals surface area contributed by atoms with E-state index in [1.165, 1.54) is 13.8 Å². The number of likely N-dealkylation sites (N-methyl/N-ethyl adjacent to an activating group) is 1. The Morgan fingerprint density at radius 3 is 2.45 bits per heavy atom. The quantitative estimate of drug-likeness (QED) is 0.810. The third-order valence-corrected chi connectivity index (χ3v) is 4.97. The Bertz CT molecular complexity index is 599. The van der Waals surface area contributed by atoms with Crippen LogP contribution in [-0.2, 0) is 10.0 Å². The molecule has 0 aliphatic heterocycles. The number of anilines is 1. The molecule has 20 heavy (non-hydrogen) atoms. The number of nitrogens with zero attached hydrogens (tertiary/aromatic N) is 1. The molecule has 1 rings (SSSR count). The molecule has 0 saturated carbocycles. The van der Waals surface area contributed by atoms with Crippen molar-refractivity contribution in [1.29, 1.82) is 0 Å². The summed E-state index contributed by atoms with van der Waals surface area (Å²) in [6.45, 7) is 4.64. The van der Waals surface area contributed by atoms with Gasteiger partial charge in [0.1, 0.15) is 10.7 Å². The van der Waals surface area contributed by atoms with E-state index in [-0.39, 0.29) is 28.7 Å². The monoisotopic (exact) mass is 324 g/mol. The first-order valence-corrected chi connectivity index (χ1v) is 7.78. The van der Waals surface area contributed by atoms with E-state index in [0.29, 0.717) is 0 Å². The lowest BCUT2D eigenvalue weighted by Gasteiger charge is -2.27. The highest BCUT2D eigenvalue weighted by Crippen LogP contribution is 2.29. The van der Waals surface area contributed by atoms with Crippen LogP contribution in [0.15, 0.2) is 17.0 Å². The molecule has 0 saturated heterocycles. The number of nitrogen functional groups attached to an aromatic ring is 1. The first-order chi connectivity index (χ1) is 8.99. The van der Waals surface area contributed by atoms with Gasteiger partial charge >= 0.3 is 0 Å². The van der Waals surface area contributed by atoms with Crippen LogP contribution in [0.25, 0.3) is 0 Å². The van der Waals surface area contributed by atoms with E-state index >= 15 is 0 Å². The van der Waals surface area contributed by atoms with E-state index < -0.39 is 21.4 Å². The number of rotatable bonds is 5.